The fourth-order valence-electron chi connectivity index (χ4n) is 2.12. The second-order valence-corrected chi connectivity index (χ2v) is 6.18. The van der Waals surface area contributed by atoms with Crippen molar-refractivity contribution in [1.82, 2.24) is 24.4 Å². The van der Waals surface area contributed by atoms with Crippen LogP contribution in [-0.4, -0.2) is 37.5 Å². The van der Waals surface area contributed by atoms with Gasteiger partial charge in [0, 0.05) is 30.6 Å². The van der Waals surface area contributed by atoms with E-state index in [9.17, 15) is 4.79 Å². The summed E-state index contributed by atoms with van der Waals surface area (Å²) in [7, 11) is 1.65. The number of nitrogens with one attached hydrogen (secondary N) is 1. The van der Waals surface area contributed by atoms with Gasteiger partial charge in [0.25, 0.3) is 0 Å². The van der Waals surface area contributed by atoms with E-state index in [4.69, 9.17) is 4.52 Å². The first kappa shape index (κ1) is 17.0. The third-order valence-corrected chi connectivity index (χ3v) is 4.01. The van der Waals surface area contributed by atoms with E-state index in [0.29, 0.717) is 22.7 Å². The van der Waals surface area contributed by atoms with Crippen LogP contribution in [0.2, 0.25) is 0 Å². The van der Waals surface area contributed by atoms with Crippen molar-refractivity contribution in [3.05, 3.63) is 42.0 Å². The summed E-state index contributed by atoms with van der Waals surface area (Å²) in [5.74, 6) is 1.65. The average Bonchev–Trinajstić information content (AvgIpc) is 3.26. The van der Waals surface area contributed by atoms with Gasteiger partial charge >= 0.3 is 6.03 Å². The number of hydrogen-bond donors (Lipinski definition) is 1. The number of carbonyl (C=O) groups is 1. The second-order valence-electron chi connectivity index (χ2n) is 5.43. The largest absolute Gasteiger partial charge is 0.337 e. The minimum absolute atomic E-state index is 0.229. The number of aryl methyl sites for hydroxylation is 1. The van der Waals surface area contributed by atoms with Crippen molar-refractivity contribution in [3.8, 4) is 11.4 Å². The zero-order chi connectivity index (χ0) is 17.6. The van der Waals surface area contributed by atoms with Crippen molar-refractivity contribution < 1.29 is 9.32 Å². The monoisotopic (exact) mass is 358 g/mol. The van der Waals surface area contributed by atoms with Gasteiger partial charge < -0.3 is 9.42 Å². The smallest absolute Gasteiger partial charge is 0.323 e. The van der Waals surface area contributed by atoms with Gasteiger partial charge in [0.15, 0.2) is 11.6 Å². The molecular formula is C16H18N6O2S. The molecule has 130 valence electrons. The van der Waals surface area contributed by atoms with E-state index < -0.39 is 0 Å². The molecule has 3 rings (SSSR count). The van der Waals surface area contributed by atoms with Crippen LogP contribution in [0.4, 0.5) is 9.93 Å². The number of amides is 2. The first-order valence-electron chi connectivity index (χ1n) is 7.88. The normalized spacial score (nSPS) is 10.6. The van der Waals surface area contributed by atoms with Crippen LogP contribution in [0, 0.1) is 0 Å². The van der Waals surface area contributed by atoms with Crippen LogP contribution in [0.5, 0.6) is 0 Å². The molecule has 0 aliphatic heterocycles. The van der Waals surface area contributed by atoms with Crippen LogP contribution >= 0.6 is 11.5 Å². The molecule has 0 saturated carbocycles. The Kier molecular flexibility index (Phi) is 5.34. The van der Waals surface area contributed by atoms with Crippen molar-refractivity contribution >= 4 is 22.7 Å². The number of aromatic nitrogens is 4. The van der Waals surface area contributed by atoms with Gasteiger partial charge in [0.2, 0.25) is 11.0 Å². The molecule has 0 aliphatic carbocycles. The molecule has 0 atom stereocenters. The third-order valence-electron chi connectivity index (χ3n) is 3.37. The van der Waals surface area contributed by atoms with Crippen LogP contribution in [-0.2, 0) is 13.0 Å². The Labute approximate surface area is 149 Å². The van der Waals surface area contributed by atoms with Crippen LogP contribution in [0.25, 0.3) is 11.4 Å². The van der Waals surface area contributed by atoms with E-state index in [1.165, 1.54) is 4.90 Å². The van der Waals surface area contributed by atoms with Gasteiger partial charge in [0.1, 0.15) is 6.54 Å². The summed E-state index contributed by atoms with van der Waals surface area (Å²) in [5, 5.41) is 7.04. The molecule has 0 unspecified atom stereocenters. The molecule has 0 saturated heterocycles. The number of hydrogen-bond acceptors (Lipinski definition) is 7. The van der Waals surface area contributed by atoms with Gasteiger partial charge in [-0.05, 0) is 6.42 Å². The Morgan fingerprint density at radius 3 is 2.84 bits per heavy atom. The molecule has 25 heavy (non-hydrogen) atoms. The first-order valence-corrected chi connectivity index (χ1v) is 8.65. The molecule has 2 heterocycles. The Hall–Kier alpha value is -2.81. The lowest BCUT2D eigenvalue weighted by Crippen LogP contribution is -2.30. The SMILES string of the molecule is CCCc1noc(CN(C)C(=O)Nc2nc(-c3ccccc3)ns2)n1. The molecule has 2 aromatic heterocycles. The number of nitrogens with zero attached hydrogens (tertiary/aromatic N) is 5. The quantitative estimate of drug-likeness (QED) is 0.727. The third kappa shape index (κ3) is 4.38. The second kappa shape index (κ2) is 7.84. The molecule has 0 aliphatic rings. The van der Waals surface area contributed by atoms with E-state index in [0.717, 1.165) is 29.9 Å². The summed E-state index contributed by atoms with van der Waals surface area (Å²) in [4.78, 5) is 22.3. The van der Waals surface area contributed by atoms with Crippen LogP contribution in [0.3, 0.4) is 0 Å². The fourth-order valence-corrected chi connectivity index (χ4v) is 2.70. The van der Waals surface area contributed by atoms with E-state index in [-0.39, 0.29) is 12.6 Å². The summed E-state index contributed by atoms with van der Waals surface area (Å²) in [6.07, 6.45) is 1.70. The Morgan fingerprint density at radius 1 is 1.28 bits per heavy atom. The lowest BCUT2D eigenvalue weighted by atomic mass is 10.2. The average molecular weight is 358 g/mol. The molecule has 8 nitrogen and oxygen atoms in total. The number of urea groups is 1. The Bertz CT molecular complexity index is 832. The Morgan fingerprint density at radius 2 is 2.08 bits per heavy atom. The van der Waals surface area contributed by atoms with Crippen LogP contribution in [0.1, 0.15) is 25.1 Å². The van der Waals surface area contributed by atoms with Crippen molar-refractivity contribution in [3.63, 3.8) is 0 Å². The molecule has 0 bridgehead atoms. The van der Waals surface area contributed by atoms with Crippen molar-refractivity contribution in [2.45, 2.75) is 26.3 Å². The van der Waals surface area contributed by atoms with Gasteiger partial charge in [-0.25, -0.2) is 4.79 Å². The maximum atomic E-state index is 12.3. The topological polar surface area (TPSA) is 97.0 Å². The summed E-state index contributed by atoms with van der Waals surface area (Å²) in [6, 6.07) is 9.29. The zero-order valence-corrected chi connectivity index (χ0v) is 14.8. The summed E-state index contributed by atoms with van der Waals surface area (Å²) >= 11 is 1.14. The zero-order valence-electron chi connectivity index (χ0n) is 14.0. The maximum Gasteiger partial charge on any atom is 0.323 e. The minimum atomic E-state index is -0.314. The highest BCUT2D eigenvalue weighted by Gasteiger charge is 2.16. The molecule has 2 amide bonds. The highest BCUT2D eigenvalue weighted by molar-refractivity contribution is 7.10. The molecule has 0 spiro atoms. The Balaban J connectivity index is 1.59. The van der Waals surface area contributed by atoms with Gasteiger partial charge in [-0.15, -0.1) is 0 Å². The molecule has 0 fully saturated rings. The fraction of sp³-hybridized carbons (Fsp3) is 0.312. The van der Waals surface area contributed by atoms with Crippen molar-refractivity contribution in [1.29, 1.82) is 0 Å². The van der Waals surface area contributed by atoms with E-state index in [2.05, 4.69) is 24.8 Å². The van der Waals surface area contributed by atoms with Gasteiger partial charge in [-0.1, -0.05) is 42.4 Å². The predicted octanol–water partition coefficient (Wildman–Crippen LogP) is 3.20. The summed E-state index contributed by atoms with van der Waals surface area (Å²) in [5.41, 5.74) is 0.905. The number of rotatable bonds is 6. The maximum absolute atomic E-state index is 12.3. The summed E-state index contributed by atoms with van der Waals surface area (Å²) in [6.45, 7) is 2.27. The molecule has 9 heteroatoms. The van der Waals surface area contributed by atoms with Crippen molar-refractivity contribution in [2.75, 3.05) is 12.4 Å². The van der Waals surface area contributed by atoms with Gasteiger partial charge in [-0.2, -0.15) is 14.3 Å². The molecular weight excluding hydrogens is 340 g/mol. The molecule has 1 N–H and O–H groups in total. The van der Waals surface area contributed by atoms with E-state index >= 15 is 0 Å². The lowest BCUT2D eigenvalue weighted by molar-refractivity contribution is 0.213. The van der Waals surface area contributed by atoms with E-state index in [1.807, 2.05) is 37.3 Å². The highest BCUT2D eigenvalue weighted by atomic mass is 32.1. The first-order chi connectivity index (χ1) is 12.2. The number of carbonyl (C=O) groups excluding carboxylic acids is 1. The van der Waals surface area contributed by atoms with Gasteiger partial charge in [0.05, 0.1) is 0 Å². The van der Waals surface area contributed by atoms with Crippen LogP contribution in [0.15, 0.2) is 34.9 Å². The lowest BCUT2D eigenvalue weighted by Gasteiger charge is -2.14. The number of benzene rings is 1. The standard InChI is InChI=1S/C16H18N6O2S/c1-3-7-12-17-13(24-20-12)10-22(2)16(23)19-15-18-14(21-25-15)11-8-5-4-6-9-11/h4-6,8-9H,3,7,10H2,1-2H3,(H,18,19,21,23). The molecule has 3 aromatic rings. The minimum Gasteiger partial charge on any atom is -0.337 e. The number of anilines is 1. The molecule has 1 aromatic carbocycles. The summed E-state index contributed by atoms with van der Waals surface area (Å²) < 4.78 is 9.41. The molecule has 0 radical (unpaired) electrons. The van der Waals surface area contributed by atoms with Gasteiger partial charge in [-0.3, -0.25) is 5.32 Å². The van der Waals surface area contributed by atoms with E-state index in [1.54, 1.807) is 7.05 Å². The van der Waals surface area contributed by atoms with Crippen LogP contribution < -0.4 is 5.32 Å². The predicted molar refractivity (Wildman–Crippen MR) is 94.1 cm³/mol. The highest BCUT2D eigenvalue weighted by Crippen LogP contribution is 2.20. The van der Waals surface area contributed by atoms with Crippen molar-refractivity contribution in [2.24, 2.45) is 0 Å².